The quantitative estimate of drug-likeness (QED) is 0.546. The van der Waals surface area contributed by atoms with Gasteiger partial charge in [0.1, 0.15) is 0 Å². The fourth-order valence-corrected chi connectivity index (χ4v) is 3.65. The first-order chi connectivity index (χ1) is 14.4. The van der Waals surface area contributed by atoms with Crippen LogP contribution in [0.1, 0.15) is 16.7 Å². The molecule has 2 aromatic carbocycles. The third-order valence-electron chi connectivity index (χ3n) is 5.16. The number of para-hydroxylation sites is 1. The summed E-state index contributed by atoms with van der Waals surface area (Å²) in [6, 6.07) is 18.4. The molecule has 3 rings (SSSR count). The van der Waals surface area contributed by atoms with Crippen molar-refractivity contribution in [2.24, 2.45) is 0 Å². The molecule has 30 heavy (non-hydrogen) atoms. The number of pyridine rings is 1. The molecule has 0 saturated carbocycles. The number of thiocarbonyl (C=S) groups is 1. The summed E-state index contributed by atoms with van der Waals surface area (Å²) in [5.41, 5.74) is 3.90. The molecule has 5 nitrogen and oxygen atoms in total. The maximum Gasteiger partial charge on any atom is 0.253 e. The Morgan fingerprint density at radius 3 is 2.57 bits per heavy atom. The Kier molecular flexibility index (Phi) is 7.60. The van der Waals surface area contributed by atoms with E-state index >= 15 is 0 Å². The fourth-order valence-electron chi connectivity index (χ4n) is 3.39. The number of aromatic nitrogens is 1. The van der Waals surface area contributed by atoms with Crippen LogP contribution in [0.3, 0.4) is 0 Å². The van der Waals surface area contributed by atoms with Crippen LogP contribution in [-0.2, 0) is 13.0 Å². The van der Waals surface area contributed by atoms with Gasteiger partial charge < -0.3 is 20.1 Å². The number of likely N-dealkylation sites (N-methyl/N-ethyl adjacent to an activating group) is 1. The maximum absolute atomic E-state index is 12.7. The number of nitrogens with one attached hydrogen (secondary N) is 2. The average molecular weight is 423 g/mol. The molecule has 2 N–H and O–H groups in total. The van der Waals surface area contributed by atoms with Crippen LogP contribution in [0.4, 0.5) is 0 Å². The molecule has 0 unspecified atom stereocenters. The van der Waals surface area contributed by atoms with Crippen molar-refractivity contribution >= 4 is 28.2 Å². The Morgan fingerprint density at radius 2 is 1.83 bits per heavy atom. The molecule has 0 atom stereocenters. The predicted molar refractivity (Wildman–Crippen MR) is 129 cm³/mol. The molecule has 0 amide bonds. The number of aryl methyl sites for hydroxylation is 1. The van der Waals surface area contributed by atoms with E-state index in [2.05, 4.69) is 32.2 Å². The van der Waals surface area contributed by atoms with Gasteiger partial charge in [0.15, 0.2) is 5.11 Å². The van der Waals surface area contributed by atoms with Gasteiger partial charge in [0.2, 0.25) is 0 Å². The van der Waals surface area contributed by atoms with E-state index in [0.717, 1.165) is 48.1 Å². The van der Waals surface area contributed by atoms with Crippen molar-refractivity contribution in [3.63, 3.8) is 0 Å². The fraction of sp³-hybridized carbons (Fsp3) is 0.333. The summed E-state index contributed by atoms with van der Waals surface area (Å²) in [4.78, 5) is 20.0. The first-order valence-corrected chi connectivity index (χ1v) is 10.7. The lowest BCUT2D eigenvalue weighted by atomic mass is 10.1. The monoisotopic (exact) mass is 422 g/mol. The van der Waals surface area contributed by atoms with Crippen molar-refractivity contribution in [1.82, 2.24) is 20.1 Å². The normalized spacial score (nSPS) is 11.1. The zero-order valence-electron chi connectivity index (χ0n) is 17.9. The first-order valence-electron chi connectivity index (χ1n) is 10.3. The summed E-state index contributed by atoms with van der Waals surface area (Å²) < 4.78 is 0. The second-order valence-corrected chi connectivity index (χ2v) is 8.24. The molecule has 0 radical (unpaired) electrons. The van der Waals surface area contributed by atoms with Gasteiger partial charge in [-0.1, -0.05) is 48.5 Å². The Morgan fingerprint density at radius 1 is 1.07 bits per heavy atom. The molecule has 6 heteroatoms. The molecule has 0 aliphatic heterocycles. The molecule has 0 saturated heterocycles. The molecule has 1 heterocycles. The lowest BCUT2D eigenvalue weighted by molar-refractivity contribution is 0.322. The van der Waals surface area contributed by atoms with Crippen LogP contribution in [0.15, 0.2) is 59.4 Å². The molecule has 0 spiro atoms. The summed E-state index contributed by atoms with van der Waals surface area (Å²) in [5, 5.41) is 5.09. The highest BCUT2D eigenvalue weighted by atomic mass is 32.1. The van der Waals surface area contributed by atoms with Crippen LogP contribution < -0.4 is 10.9 Å². The highest BCUT2D eigenvalue weighted by molar-refractivity contribution is 7.80. The number of aromatic amines is 1. The van der Waals surface area contributed by atoms with Crippen LogP contribution in [-0.4, -0.2) is 53.6 Å². The topological polar surface area (TPSA) is 51.4 Å². The number of fused-ring (bicyclic) bond motifs is 1. The van der Waals surface area contributed by atoms with E-state index in [1.165, 1.54) is 5.56 Å². The zero-order valence-corrected chi connectivity index (χ0v) is 18.8. The minimum absolute atomic E-state index is 0.0567. The van der Waals surface area contributed by atoms with E-state index in [0.29, 0.717) is 11.7 Å². The van der Waals surface area contributed by atoms with Crippen molar-refractivity contribution in [1.29, 1.82) is 0 Å². The van der Waals surface area contributed by atoms with Crippen LogP contribution >= 0.6 is 12.2 Å². The first kappa shape index (κ1) is 22.0. The van der Waals surface area contributed by atoms with E-state index < -0.39 is 0 Å². The predicted octanol–water partition coefficient (Wildman–Crippen LogP) is 3.32. The van der Waals surface area contributed by atoms with E-state index in [1.807, 2.05) is 63.5 Å². The van der Waals surface area contributed by atoms with Crippen LogP contribution in [0, 0.1) is 6.92 Å². The molecule has 158 valence electrons. The molecule has 0 aliphatic carbocycles. The van der Waals surface area contributed by atoms with Gasteiger partial charge in [-0.3, -0.25) is 4.79 Å². The molecule has 0 fully saturated rings. The van der Waals surface area contributed by atoms with Gasteiger partial charge in [0, 0.05) is 25.2 Å². The number of benzene rings is 2. The molecule has 1 aromatic heterocycles. The number of nitrogens with zero attached hydrogens (tertiary/aromatic N) is 2. The van der Waals surface area contributed by atoms with Gasteiger partial charge in [-0.15, -0.1) is 0 Å². The van der Waals surface area contributed by atoms with Gasteiger partial charge in [-0.25, -0.2) is 0 Å². The van der Waals surface area contributed by atoms with Gasteiger partial charge in [0.05, 0.1) is 12.1 Å². The minimum atomic E-state index is -0.0567. The van der Waals surface area contributed by atoms with Gasteiger partial charge in [-0.05, 0) is 62.2 Å². The molecule has 0 bridgehead atoms. The van der Waals surface area contributed by atoms with Crippen molar-refractivity contribution in [3.8, 4) is 0 Å². The van der Waals surface area contributed by atoms with Gasteiger partial charge >= 0.3 is 0 Å². The molecular weight excluding hydrogens is 392 g/mol. The Labute approximate surface area is 183 Å². The summed E-state index contributed by atoms with van der Waals surface area (Å²) >= 11 is 5.69. The SMILES string of the molecule is Cc1cccc2cc(CN(CCN(C)C)C(=S)NCCc3ccccc3)c(=O)[nH]c12. The standard InChI is InChI=1S/C24H30N4OS/c1-18-8-7-11-20-16-21(23(29)26-22(18)20)17-28(15-14-27(2)3)24(30)25-13-12-19-9-5-4-6-10-19/h4-11,16H,12-15,17H2,1-3H3,(H,25,30)(H,26,29). The van der Waals surface area contributed by atoms with E-state index in [9.17, 15) is 4.79 Å². The Bertz CT molecular complexity index is 1050. The Hall–Kier alpha value is -2.70. The maximum atomic E-state index is 12.7. The van der Waals surface area contributed by atoms with Crippen LogP contribution in [0.2, 0.25) is 0 Å². The van der Waals surface area contributed by atoms with E-state index in [-0.39, 0.29) is 5.56 Å². The second-order valence-electron chi connectivity index (χ2n) is 7.86. The summed E-state index contributed by atoms with van der Waals surface area (Å²) in [6.45, 7) is 4.84. The Balaban J connectivity index is 1.73. The van der Waals surface area contributed by atoms with Crippen LogP contribution in [0.5, 0.6) is 0 Å². The zero-order chi connectivity index (χ0) is 21.5. The van der Waals surface area contributed by atoms with E-state index in [1.54, 1.807) is 0 Å². The molecule has 3 aromatic rings. The number of rotatable bonds is 8. The number of H-pyrrole nitrogens is 1. The van der Waals surface area contributed by atoms with Crippen molar-refractivity contribution in [2.45, 2.75) is 19.9 Å². The summed E-state index contributed by atoms with van der Waals surface area (Å²) in [5.74, 6) is 0. The molecular formula is C24H30N4OS. The van der Waals surface area contributed by atoms with E-state index in [4.69, 9.17) is 12.2 Å². The van der Waals surface area contributed by atoms with Crippen molar-refractivity contribution in [3.05, 3.63) is 81.6 Å². The molecule has 0 aliphatic rings. The second kappa shape index (κ2) is 10.4. The summed E-state index contributed by atoms with van der Waals surface area (Å²) in [6.07, 6.45) is 0.901. The van der Waals surface area contributed by atoms with Gasteiger partial charge in [0.25, 0.3) is 5.56 Å². The van der Waals surface area contributed by atoms with Crippen molar-refractivity contribution in [2.75, 3.05) is 33.7 Å². The highest BCUT2D eigenvalue weighted by Gasteiger charge is 2.14. The lowest BCUT2D eigenvalue weighted by Crippen LogP contribution is -2.43. The highest BCUT2D eigenvalue weighted by Crippen LogP contribution is 2.16. The summed E-state index contributed by atoms with van der Waals surface area (Å²) in [7, 11) is 4.07. The lowest BCUT2D eigenvalue weighted by Gasteiger charge is -2.27. The largest absolute Gasteiger partial charge is 0.362 e. The average Bonchev–Trinajstić information content (AvgIpc) is 2.72. The van der Waals surface area contributed by atoms with Crippen molar-refractivity contribution < 1.29 is 0 Å². The van der Waals surface area contributed by atoms with Gasteiger partial charge in [-0.2, -0.15) is 0 Å². The minimum Gasteiger partial charge on any atom is -0.362 e. The third-order valence-corrected chi connectivity index (χ3v) is 5.57. The van der Waals surface area contributed by atoms with Crippen LogP contribution in [0.25, 0.3) is 10.9 Å². The third kappa shape index (κ3) is 5.90. The number of hydrogen-bond donors (Lipinski definition) is 2. The number of hydrogen-bond acceptors (Lipinski definition) is 3. The smallest absolute Gasteiger partial charge is 0.253 e.